The zero-order valence-corrected chi connectivity index (χ0v) is 20.1. The van der Waals surface area contributed by atoms with Gasteiger partial charge in [-0.1, -0.05) is 18.2 Å². The molecule has 0 N–H and O–H groups in total. The highest BCUT2D eigenvalue weighted by Crippen LogP contribution is 2.37. The average molecular weight is 494 g/mol. The Morgan fingerprint density at radius 3 is 2.46 bits per heavy atom. The lowest BCUT2D eigenvalue weighted by Crippen LogP contribution is -2.44. The van der Waals surface area contributed by atoms with Crippen LogP contribution in [0, 0.1) is 5.92 Å². The van der Waals surface area contributed by atoms with E-state index in [0.717, 1.165) is 42.1 Å². The first-order valence-corrected chi connectivity index (χ1v) is 13.5. The number of benzene rings is 1. The Morgan fingerprint density at radius 2 is 1.71 bits per heavy atom. The third-order valence-electron chi connectivity index (χ3n) is 7.27. The summed E-state index contributed by atoms with van der Waals surface area (Å²) in [6.07, 6.45) is 8.44. The van der Waals surface area contributed by atoms with Gasteiger partial charge >= 0.3 is 0 Å². The number of carbonyl (C=O) groups is 1. The summed E-state index contributed by atoms with van der Waals surface area (Å²) in [5, 5.41) is 0.756. The minimum Gasteiger partial charge on any atom is -0.378 e. The van der Waals surface area contributed by atoms with Gasteiger partial charge in [0.25, 0.3) is 10.0 Å². The topological polar surface area (TPSA) is 99.3 Å². The molecule has 2 fully saturated rings. The lowest BCUT2D eigenvalue weighted by Gasteiger charge is -2.34. The second-order valence-corrected chi connectivity index (χ2v) is 11.1. The first-order valence-electron chi connectivity index (χ1n) is 12.0. The van der Waals surface area contributed by atoms with E-state index in [1.807, 2.05) is 11.2 Å². The van der Waals surface area contributed by atoms with Crippen LogP contribution in [0.1, 0.15) is 31.7 Å². The van der Waals surface area contributed by atoms with Crippen LogP contribution in [0.15, 0.2) is 60.0 Å². The Labute approximate surface area is 203 Å². The summed E-state index contributed by atoms with van der Waals surface area (Å²) >= 11 is 0. The maximum atomic E-state index is 13.3. The van der Waals surface area contributed by atoms with Gasteiger partial charge in [0.15, 0.2) is 5.65 Å². The third-order valence-corrected chi connectivity index (χ3v) is 8.96. The Bertz CT molecular complexity index is 1480. The maximum absolute atomic E-state index is 13.3. The molecule has 2 aliphatic rings. The maximum Gasteiger partial charge on any atom is 0.269 e. The molecule has 182 valence electrons. The molecule has 1 saturated heterocycles. The average Bonchev–Trinajstić information content (AvgIpc) is 3.54. The summed E-state index contributed by atoms with van der Waals surface area (Å²) in [4.78, 5) is 24.1. The molecule has 10 heteroatoms. The SMILES string of the molecule is O=C(C1CCC(n2cnc3cnc4c(ccn4S(=O)(=O)c4ccccc4)c32)CC1)N1CCOCC1. The predicted octanol–water partition coefficient (Wildman–Crippen LogP) is 3.21. The summed E-state index contributed by atoms with van der Waals surface area (Å²) in [6, 6.07) is 10.4. The smallest absolute Gasteiger partial charge is 0.269 e. The molecule has 1 aliphatic carbocycles. The normalized spacial score (nSPS) is 21.5. The molecule has 6 rings (SSSR count). The van der Waals surface area contributed by atoms with Crippen LogP contribution in [-0.2, 0) is 19.6 Å². The molecule has 0 radical (unpaired) electrons. The fourth-order valence-corrected chi connectivity index (χ4v) is 6.73. The largest absolute Gasteiger partial charge is 0.378 e. The highest BCUT2D eigenvalue weighted by Gasteiger charge is 2.32. The molecule has 0 unspecified atom stereocenters. The molecule has 1 aliphatic heterocycles. The lowest BCUT2D eigenvalue weighted by molar-refractivity contribution is -0.140. The van der Waals surface area contributed by atoms with Crippen molar-refractivity contribution in [2.24, 2.45) is 5.92 Å². The second-order valence-electron chi connectivity index (χ2n) is 9.25. The summed E-state index contributed by atoms with van der Waals surface area (Å²) in [5.74, 6) is 0.301. The highest BCUT2D eigenvalue weighted by atomic mass is 32.2. The molecule has 9 nitrogen and oxygen atoms in total. The number of amides is 1. The molecule has 4 aromatic rings. The first kappa shape index (κ1) is 22.2. The molecule has 3 aromatic heterocycles. The van der Waals surface area contributed by atoms with Crippen molar-refractivity contribution in [2.75, 3.05) is 26.3 Å². The van der Waals surface area contributed by atoms with Crippen molar-refractivity contribution in [1.29, 1.82) is 0 Å². The Balaban J connectivity index is 1.30. The number of hydrogen-bond acceptors (Lipinski definition) is 6. The summed E-state index contributed by atoms with van der Waals surface area (Å²) in [6.45, 7) is 2.59. The lowest BCUT2D eigenvalue weighted by atomic mass is 9.85. The fourth-order valence-electron chi connectivity index (χ4n) is 5.41. The number of nitrogens with zero attached hydrogens (tertiary/aromatic N) is 5. The Kier molecular flexibility index (Phi) is 5.57. The fraction of sp³-hybridized carbons (Fsp3) is 0.400. The van der Waals surface area contributed by atoms with E-state index < -0.39 is 10.0 Å². The van der Waals surface area contributed by atoms with Gasteiger partial charge in [0.1, 0.15) is 5.52 Å². The molecule has 1 saturated carbocycles. The molecule has 0 spiro atoms. The Morgan fingerprint density at radius 1 is 0.971 bits per heavy atom. The van der Waals surface area contributed by atoms with Crippen molar-refractivity contribution in [3.8, 4) is 0 Å². The van der Waals surface area contributed by atoms with Crippen molar-refractivity contribution in [3.63, 3.8) is 0 Å². The van der Waals surface area contributed by atoms with Crippen molar-refractivity contribution >= 4 is 38.0 Å². The molecule has 35 heavy (non-hydrogen) atoms. The quantitative estimate of drug-likeness (QED) is 0.433. The van der Waals surface area contributed by atoms with E-state index in [0.29, 0.717) is 32.0 Å². The van der Waals surface area contributed by atoms with Crippen LogP contribution in [-0.4, -0.2) is 64.0 Å². The summed E-state index contributed by atoms with van der Waals surface area (Å²) in [5.41, 5.74) is 2.01. The molecule has 0 atom stereocenters. The predicted molar refractivity (Wildman–Crippen MR) is 130 cm³/mol. The van der Waals surface area contributed by atoms with E-state index >= 15 is 0 Å². The molecule has 0 bridgehead atoms. The first-order chi connectivity index (χ1) is 17.0. The number of carbonyl (C=O) groups excluding carboxylic acids is 1. The van der Waals surface area contributed by atoms with Crippen LogP contribution in [0.5, 0.6) is 0 Å². The van der Waals surface area contributed by atoms with Crippen molar-refractivity contribution in [3.05, 3.63) is 55.1 Å². The summed E-state index contributed by atoms with van der Waals surface area (Å²) < 4.78 is 35.3. The molecule has 4 heterocycles. The van der Waals surface area contributed by atoms with Crippen LogP contribution in [0.25, 0.3) is 22.1 Å². The number of hydrogen-bond donors (Lipinski definition) is 0. The molecular weight excluding hydrogens is 466 g/mol. The van der Waals surface area contributed by atoms with Gasteiger partial charge in [0, 0.05) is 36.6 Å². The number of fused-ring (bicyclic) bond motifs is 3. The van der Waals surface area contributed by atoms with Gasteiger partial charge in [-0.15, -0.1) is 0 Å². The molecule has 1 aromatic carbocycles. The minimum atomic E-state index is -3.77. The monoisotopic (exact) mass is 493 g/mol. The number of aromatic nitrogens is 4. The number of imidazole rings is 1. The van der Waals surface area contributed by atoms with Crippen LogP contribution >= 0.6 is 0 Å². The van der Waals surface area contributed by atoms with Gasteiger partial charge in [-0.05, 0) is 43.9 Å². The standard InChI is InChI=1S/C25H27N5O4S/c31-25(28-12-14-34-15-13-28)18-6-8-19(9-7-18)29-17-27-22-16-26-24-21(23(22)29)10-11-30(24)35(32,33)20-4-2-1-3-5-20/h1-5,10-11,16-19H,6-9,12-15H2. The highest BCUT2D eigenvalue weighted by molar-refractivity contribution is 7.90. The van der Waals surface area contributed by atoms with Crippen molar-refractivity contribution < 1.29 is 17.9 Å². The third kappa shape index (κ3) is 3.81. The van der Waals surface area contributed by atoms with E-state index in [1.165, 1.54) is 3.97 Å². The van der Waals surface area contributed by atoms with Crippen LogP contribution in [0.2, 0.25) is 0 Å². The zero-order valence-electron chi connectivity index (χ0n) is 19.3. The van der Waals surface area contributed by atoms with E-state index in [9.17, 15) is 13.2 Å². The van der Waals surface area contributed by atoms with Gasteiger partial charge < -0.3 is 14.2 Å². The summed E-state index contributed by atoms with van der Waals surface area (Å²) in [7, 11) is -3.77. The van der Waals surface area contributed by atoms with Gasteiger partial charge in [0.2, 0.25) is 5.91 Å². The van der Waals surface area contributed by atoms with Gasteiger partial charge in [-0.2, -0.15) is 0 Å². The molecular formula is C25H27N5O4S. The van der Waals surface area contributed by atoms with E-state index in [-0.39, 0.29) is 22.8 Å². The van der Waals surface area contributed by atoms with Gasteiger partial charge in [-0.3, -0.25) is 4.79 Å². The number of ether oxygens (including phenoxy) is 1. The number of pyridine rings is 1. The van der Waals surface area contributed by atoms with E-state index in [4.69, 9.17) is 4.74 Å². The van der Waals surface area contributed by atoms with Crippen LogP contribution in [0.3, 0.4) is 0 Å². The van der Waals surface area contributed by atoms with E-state index in [1.54, 1.807) is 48.8 Å². The second kappa shape index (κ2) is 8.76. The van der Waals surface area contributed by atoms with Gasteiger partial charge in [0.05, 0.1) is 36.2 Å². The van der Waals surface area contributed by atoms with Gasteiger partial charge in [-0.25, -0.2) is 22.4 Å². The molecule has 1 amide bonds. The van der Waals surface area contributed by atoms with Crippen LogP contribution < -0.4 is 0 Å². The van der Waals surface area contributed by atoms with Crippen molar-refractivity contribution in [1.82, 2.24) is 23.4 Å². The number of rotatable bonds is 4. The van der Waals surface area contributed by atoms with Crippen molar-refractivity contribution in [2.45, 2.75) is 36.6 Å². The van der Waals surface area contributed by atoms with E-state index in [2.05, 4.69) is 14.5 Å². The Hall–Kier alpha value is -3.24. The number of morpholine rings is 1. The zero-order chi connectivity index (χ0) is 24.0. The minimum absolute atomic E-state index is 0.0536. The van der Waals surface area contributed by atoms with Crippen LogP contribution in [0.4, 0.5) is 0 Å².